The molecule has 3 rings (SSSR count). The Morgan fingerprint density at radius 3 is 1.88 bits per heavy atom. The van der Waals surface area contributed by atoms with Gasteiger partial charge in [-0.2, -0.15) is 0 Å². The Labute approximate surface area is 161 Å². The summed E-state index contributed by atoms with van der Waals surface area (Å²) in [6.07, 6.45) is 6.06. The average Bonchev–Trinajstić information content (AvgIpc) is 2.99. The third-order valence-corrected chi connectivity index (χ3v) is 7.36. The second-order valence-electron chi connectivity index (χ2n) is 11.9. The van der Waals surface area contributed by atoms with Gasteiger partial charge in [-0.15, -0.1) is 0 Å². The van der Waals surface area contributed by atoms with Crippen LogP contribution in [-0.2, 0) is 0 Å². The van der Waals surface area contributed by atoms with E-state index in [0.717, 1.165) is 31.6 Å². The van der Waals surface area contributed by atoms with Crippen LogP contribution in [0, 0.1) is 23.2 Å². The Morgan fingerprint density at radius 1 is 0.885 bits per heavy atom. The van der Waals surface area contributed by atoms with E-state index in [2.05, 4.69) is 51.3 Å². The highest BCUT2D eigenvalue weighted by Gasteiger charge is 2.50. The first-order chi connectivity index (χ1) is 11.9. The molecule has 0 aromatic heterocycles. The van der Waals surface area contributed by atoms with Crippen LogP contribution in [-0.4, -0.2) is 53.7 Å². The van der Waals surface area contributed by atoms with Crippen molar-refractivity contribution in [3.05, 3.63) is 0 Å². The summed E-state index contributed by atoms with van der Waals surface area (Å²) in [5.74, 6) is 2.15. The standard InChI is InChI=1S/C23H43FN2/c1-21(2,3)7-8-23(24)15-19-13-18(14-20(19)16-23)17-25-9-11-26(12-10-25)22(4,5)6/h18-20H,7-17H2,1-6H3. The van der Waals surface area contributed by atoms with Crippen molar-refractivity contribution >= 4 is 0 Å². The van der Waals surface area contributed by atoms with E-state index in [9.17, 15) is 0 Å². The fourth-order valence-corrected chi connectivity index (χ4v) is 5.78. The largest absolute Gasteiger partial charge is 0.301 e. The number of rotatable bonds is 4. The van der Waals surface area contributed by atoms with E-state index in [-0.39, 0.29) is 5.41 Å². The van der Waals surface area contributed by atoms with Crippen LogP contribution in [0.3, 0.4) is 0 Å². The molecule has 1 saturated heterocycles. The van der Waals surface area contributed by atoms with Crippen LogP contribution >= 0.6 is 0 Å². The lowest BCUT2D eigenvalue weighted by Gasteiger charge is -2.43. The fourth-order valence-electron chi connectivity index (χ4n) is 5.78. The zero-order chi connectivity index (χ0) is 19.2. The Bertz CT molecular complexity index is 454. The third-order valence-electron chi connectivity index (χ3n) is 7.36. The van der Waals surface area contributed by atoms with Gasteiger partial charge in [0.05, 0.1) is 0 Å². The van der Waals surface area contributed by atoms with Gasteiger partial charge in [-0.1, -0.05) is 20.8 Å². The lowest BCUT2D eigenvalue weighted by Crippen LogP contribution is -2.54. The fraction of sp³-hybridized carbons (Fsp3) is 1.00. The van der Waals surface area contributed by atoms with Gasteiger partial charge in [0.25, 0.3) is 0 Å². The van der Waals surface area contributed by atoms with E-state index in [1.807, 2.05) is 0 Å². The minimum atomic E-state index is -0.855. The highest BCUT2D eigenvalue weighted by Crippen LogP contribution is 2.54. The number of hydrogen-bond acceptors (Lipinski definition) is 2. The van der Waals surface area contributed by atoms with E-state index < -0.39 is 5.67 Å². The molecule has 3 aliphatic rings. The van der Waals surface area contributed by atoms with E-state index in [0.29, 0.717) is 17.4 Å². The molecule has 0 aromatic rings. The van der Waals surface area contributed by atoms with E-state index in [1.165, 1.54) is 45.6 Å². The lowest BCUT2D eigenvalue weighted by molar-refractivity contribution is 0.0539. The monoisotopic (exact) mass is 366 g/mol. The van der Waals surface area contributed by atoms with Crippen molar-refractivity contribution in [3.63, 3.8) is 0 Å². The first kappa shape index (κ1) is 20.6. The summed E-state index contributed by atoms with van der Waals surface area (Å²) >= 11 is 0. The van der Waals surface area contributed by atoms with Crippen LogP contribution in [0.4, 0.5) is 4.39 Å². The van der Waals surface area contributed by atoms with Crippen molar-refractivity contribution in [2.24, 2.45) is 23.2 Å². The normalized spacial score (nSPS) is 37.3. The molecule has 0 aromatic carbocycles. The van der Waals surface area contributed by atoms with E-state index >= 15 is 4.39 Å². The maximum atomic E-state index is 15.3. The highest BCUT2D eigenvalue weighted by molar-refractivity contribution is 5.00. The Hall–Kier alpha value is -0.150. The number of piperazine rings is 1. The molecule has 0 radical (unpaired) electrons. The predicted molar refractivity (Wildman–Crippen MR) is 109 cm³/mol. The Balaban J connectivity index is 1.42. The van der Waals surface area contributed by atoms with Crippen LogP contribution < -0.4 is 0 Å². The maximum absolute atomic E-state index is 15.3. The number of halogens is 1. The summed E-state index contributed by atoms with van der Waals surface area (Å²) in [6.45, 7) is 19.8. The molecule has 0 amide bonds. The Kier molecular flexibility index (Phi) is 5.82. The van der Waals surface area contributed by atoms with Gasteiger partial charge in [-0.25, -0.2) is 4.39 Å². The van der Waals surface area contributed by atoms with Crippen LogP contribution in [0.25, 0.3) is 0 Å². The predicted octanol–water partition coefficient (Wildman–Crippen LogP) is 5.37. The van der Waals surface area contributed by atoms with Crippen molar-refractivity contribution in [3.8, 4) is 0 Å². The van der Waals surface area contributed by atoms with Gasteiger partial charge in [-0.05, 0) is 82.5 Å². The average molecular weight is 367 g/mol. The minimum absolute atomic E-state index is 0.258. The summed E-state index contributed by atoms with van der Waals surface area (Å²) in [7, 11) is 0. The minimum Gasteiger partial charge on any atom is -0.301 e. The molecule has 0 spiro atoms. The third kappa shape index (κ3) is 5.22. The zero-order valence-corrected chi connectivity index (χ0v) is 18.3. The molecule has 2 unspecified atom stereocenters. The smallest absolute Gasteiger partial charge is 0.111 e. The van der Waals surface area contributed by atoms with Crippen LogP contribution in [0.5, 0.6) is 0 Å². The molecule has 2 atom stereocenters. The van der Waals surface area contributed by atoms with Gasteiger partial charge < -0.3 is 4.90 Å². The molecule has 1 heterocycles. The maximum Gasteiger partial charge on any atom is 0.111 e. The molecule has 3 heteroatoms. The van der Waals surface area contributed by atoms with Crippen molar-refractivity contribution in [2.45, 2.75) is 91.3 Å². The SMILES string of the molecule is CC(C)(C)CCC1(F)CC2CC(CN3CCN(C(C)(C)C)CC3)CC2C1. The van der Waals surface area contributed by atoms with Crippen molar-refractivity contribution in [1.29, 1.82) is 0 Å². The van der Waals surface area contributed by atoms with E-state index in [1.54, 1.807) is 0 Å². The highest BCUT2D eigenvalue weighted by atomic mass is 19.1. The molecule has 152 valence electrons. The molecule has 2 nitrogen and oxygen atoms in total. The van der Waals surface area contributed by atoms with Gasteiger partial charge in [0.1, 0.15) is 5.67 Å². The molecule has 26 heavy (non-hydrogen) atoms. The van der Waals surface area contributed by atoms with Crippen molar-refractivity contribution in [2.75, 3.05) is 32.7 Å². The molecule has 3 fully saturated rings. The molecule has 1 aliphatic heterocycles. The zero-order valence-electron chi connectivity index (χ0n) is 18.3. The molecular weight excluding hydrogens is 323 g/mol. The first-order valence-corrected chi connectivity index (χ1v) is 11.1. The lowest BCUT2D eigenvalue weighted by atomic mass is 9.83. The second kappa shape index (κ2) is 7.35. The summed E-state index contributed by atoms with van der Waals surface area (Å²) in [5.41, 5.74) is -0.297. The van der Waals surface area contributed by atoms with Gasteiger partial charge in [-0.3, -0.25) is 4.90 Å². The molecule has 2 saturated carbocycles. The van der Waals surface area contributed by atoms with Crippen molar-refractivity contribution in [1.82, 2.24) is 9.80 Å². The summed E-state index contributed by atoms with van der Waals surface area (Å²) in [5, 5.41) is 0. The summed E-state index contributed by atoms with van der Waals surface area (Å²) in [6, 6.07) is 0. The molecule has 0 N–H and O–H groups in total. The van der Waals surface area contributed by atoms with Gasteiger partial charge in [0.15, 0.2) is 0 Å². The number of alkyl halides is 1. The van der Waals surface area contributed by atoms with Crippen molar-refractivity contribution < 1.29 is 4.39 Å². The number of fused-ring (bicyclic) bond motifs is 1. The van der Waals surface area contributed by atoms with Crippen LogP contribution in [0.15, 0.2) is 0 Å². The van der Waals surface area contributed by atoms with Gasteiger partial charge in [0.2, 0.25) is 0 Å². The second-order valence-corrected chi connectivity index (χ2v) is 11.9. The first-order valence-electron chi connectivity index (χ1n) is 11.1. The van der Waals surface area contributed by atoms with E-state index in [4.69, 9.17) is 0 Å². The topological polar surface area (TPSA) is 6.48 Å². The molecule has 0 bridgehead atoms. The summed E-state index contributed by atoms with van der Waals surface area (Å²) in [4.78, 5) is 5.29. The van der Waals surface area contributed by atoms with Gasteiger partial charge in [0, 0.05) is 38.3 Å². The van der Waals surface area contributed by atoms with Gasteiger partial charge >= 0.3 is 0 Å². The van der Waals surface area contributed by atoms with Crippen LogP contribution in [0.1, 0.15) is 80.1 Å². The number of hydrogen-bond donors (Lipinski definition) is 0. The number of nitrogens with zero attached hydrogens (tertiary/aromatic N) is 2. The molecule has 2 aliphatic carbocycles. The molecular formula is C23H43FN2. The quantitative estimate of drug-likeness (QED) is 0.659. The Morgan fingerprint density at radius 2 is 1.42 bits per heavy atom. The van der Waals surface area contributed by atoms with Crippen LogP contribution in [0.2, 0.25) is 0 Å². The summed E-state index contributed by atoms with van der Waals surface area (Å²) < 4.78 is 15.3.